The first kappa shape index (κ1) is 15.0. The summed E-state index contributed by atoms with van der Waals surface area (Å²) in [5, 5.41) is 0. The monoisotopic (exact) mass is 293 g/mol. The molecule has 0 amide bonds. The lowest BCUT2D eigenvalue weighted by molar-refractivity contribution is 0.167. The van der Waals surface area contributed by atoms with Crippen molar-refractivity contribution in [1.82, 2.24) is 0 Å². The molecule has 2 N–H and O–H groups in total. The zero-order valence-corrected chi connectivity index (χ0v) is 12.8. The molecule has 2 unspecified atom stereocenters. The molecule has 0 saturated heterocycles. The van der Waals surface area contributed by atoms with Crippen molar-refractivity contribution in [1.29, 1.82) is 0 Å². The Balaban J connectivity index is 2.30. The first-order valence-electron chi connectivity index (χ1n) is 6.76. The maximum atomic E-state index is 13.9. The summed E-state index contributed by atoms with van der Waals surface area (Å²) in [5.74, 6) is -0.0814. The molecule has 108 valence electrons. The SMILES string of the molecule is CCC(N)C(Oc1cc(C)ccc1F)c1ccc(C)s1. The molecule has 0 fully saturated rings. The van der Waals surface area contributed by atoms with Crippen molar-refractivity contribution in [3.8, 4) is 5.75 Å². The lowest BCUT2D eigenvalue weighted by atomic mass is 10.1. The van der Waals surface area contributed by atoms with Crippen LogP contribution in [0.25, 0.3) is 0 Å². The highest BCUT2D eigenvalue weighted by Gasteiger charge is 2.23. The first-order valence-corrected chi connectivity index (χ1v) is 7.57. The minimum atomic E-state index is -0.350. The van der Waals surface area contributed by atoms with E-state index in [1.807, 2.05) is 32.9 Å². The Labute approximate surface area is 123 Å². The third kappa shape index (κ3) is 3.38. The second-order valence-corrected chi connectivity index (χ2v) is 6.31. The minimum absolute atomic E-state index is 0.159. The smallest absolute Gasteiger partial charge is 0.165 e. The van der Waals surface area contributed by atoms with E-state index in [0.29, 0.717) is 0 Å². The first-order chi connectivity index (χ1) is 9.51. The second kappa shape index (κ2) is 6.37. The van der Waals surface area contributed by atoms with Gasteiger partial charge in [-0.1, -0.05) is 13.0 Å². The number of hydrogen-bond acceptors (Lipinski definition) is 3. The van der Waals surface area contributed by atoms with E-state index in [-0.39, 0.29) is 23.7 Å². The van der Waals surface area contributed by atoms with Gasteiger partial charge in [0.25, 0.3) is 0 Å². The van der Waals surface area contributed by atoms with Crippen molar-refractivity contribution in [3.05, 3.63) is 51.5 Å². The molecule has 0 aliphatic rings. The number of thiophene rings is 1. The van der Waals surface area contributed by atoms with Crippen LogP contribution in [0.4, 0.5) is 4.39 Å². The molecule has 2 rings (SSSR count). The maximum Gasteiger partial charge on any atom is 0.165 e. The van der Waals surface area contributed by atoms with Crippen molar-refractivity contribution < 1.29 is 9.13 Å². The molecule has 2 nitrogen and oxygen atoms in total. The summed E-state index contributed by atoms with van der Waals surface area (Å²) >= 11 is 1.64. The van der Waals surface area contributed by atoms with E-state index < -0.39 is 0 Å². The molecule has 0 spiro atoms. The van der Waals surface area contributed by atoms with Crippen molar-refractivity contribution in [2.45, 2.75) is 39.3 Å². The fourth-order valence-corrected chi connectivity index (χ4v) is 3.00. The molecular formula is C16H20FNOS. The average Bonchev–Trinajstić information content (AvgIpc) is 2.85. The van der Waals surface area contributed by atoms with Crippen molar-refractivity contribution in [3.63, 3.8) is 0 Å². The van der Waals surface area contributed by atoms with Crippen LogP contribution >= 0.6 is 11.3 Å². The number of halogens is 1. The normalized spacial score (nSPS) is 14.1. The number of aryl methyl sites for hydroxylation is 2. The largest absolute Gasteiger partial charge is 0.480 e. The van der Waals surface area contributed by atoms with Gasteiger partial charge in [-0.05, 0) is 50.1 Å². The lowest BCUT2D eigenvalue weighted by Gasteiger charge is -2.23. The van der Waals surface area contributed by atoms with Crippen LogP contribution in [-0.4, -0.2) is 6.04 Å². The summed E-state index contributed by atoms with van der Waals surface area (Å²) in [7, 11) is 0. The van der Waals surface area contributed by atoms with Crippen molar-refractivity contribution >= 4 is 11.3 Å². The Morgan fingerprint density at radius 3 is 2.60 bits per heavy atom. The summed E-state index contributed by atoms with van der Waals surface area (Å²) in [6.45, 7) is 5.96. The Kier molecular flexibility index (Phi) is 4.78. The van der Waals surface area contributed by atoms with Gasteiger partial charge in [0, 0.05) is 15.8 Å². The van der Waals surface area contributed by atoms with Gasteiger partial charge in [-0.3, -0.25) is 0 Å². The Bertz CT molecular complexity index is 582. The van der Waals surface area contributed by atoms with Gasteiger partial charge in [-0.2, -0.15) is 0 Å². The van der Waals surface area contributed by atoms with E-state index in [2.05, 4.69) is 0 Å². The quantitative estimate of drug-likeness (QED) is 0.889. The zero-order valence-electron chi connectivity index (χ0n) is 12.0. The molecule has 0 saturated carbocycles. The predicted octanol–water partition coefficient (Wildman–Crippen LogP) is 4.36. The lowest BCUT2D eigenvalue weighted by Crippen LogP contribution is -2.31. The topological polar surface area (TPSA) is 35.2 Å². The van der Waals surface area contributed by atoms with Gasteiger partial charge >= 0.3 is 0 Å². The number of hydrogen-bond donors (Lipinski definition) is 1. The van der Waals surface area contributed by atoms with E-state index in [9.17, 15) is 4.39 Å². The molecule has 0 aliphatic heterocycles. The number of benzene rings is 1. The summed E-state index contributed by atoms with van der Waals surface area (Å²) in [5.41, 5.74) is 7.12. The van der Waals surface area contributed by atoms with Crippen LogP contribution in [0.3, 0.4) is 0 Å². The summed E-state index contributed by atoms with van der Waals surface area (Å²) < 4.78 is 19.7. The summed E-state index contributed by atoms with van der Waals surface area (Å²) in [6.07, 6.45) is 0.463. The third-order valence-corrected chi connectivity index (χ3v) is 4.30. The van der Waals surface area contributed by atoms with Gasteiger partial charge in [0.15, 0.2) is 11.6 Å². The fourth-order valence-electron chi connectivity index (χ4n) is 2.01. The predicted molar refractivity (Wildman–Crippen MR) is 81.8 cm³/mol. The van der Waals surface area contributed by atoms with Crippen LogP contribution in [0.5, 0.6) is 5.75 Å². The average molecular weight is 293 g/mol. The van der Waals surface area contributed by atoms with Gasteiger partial charge in [0.2, 0.25) is 0 Å². The third-order valence-electron chi connectivity index (χ3n) is 3.24. The Morgan fingerprint density at radius 2 is 2.00 bits per heavy atom. The highest BCUT2D eigenvalue weighted by Crippen LogP contribution is 2.32. The van der Waals surface area contributed by atoms with Crippen LogP contribution in [0.2, 0.25) is 0 Å². The van der Waals surface area contributed by atoms with Gasteiger partial charge in [0.1, 0.15) is 6.10 Å². The summed E-state index contributed by atoms with van der Waals surface area (Å²) in [4.78, 5) is 2.24. The zero-order chi connectivity index (χ0) is 14.7. The second-order valence-electron chi connectivity index (χ2n) is 4.99. The van der Waals surface area contributed by atoms with Gasteiger partial charge in [-0.25, -0.2) is 4.39 Å². The van der Waals surface area contributed by atoms with Crippen LogP contribution in [0, 0.1) is 19.7 Å². The molecule has 2 atom stereocenters. The van der Waals surface area contributed by atoms with Crippen LogP contribution in [0.1, 0.15) is 34.8 Å². The molecule has 0 bridgehead atoms. The van der Waals surface area contributed by atoms with Gasteiger partial charge in [0.05, 0.1) is 0 Å². The summed E-state index contributed by atoms with van der Waals surface area (Å²) in [6, 6.07) is 8.75. The van der Waals surface area contributed by atoms with E-state index >= 15 is 0 Å². The van der Waals surface area contributed by atoms with Crippen LogP contribution < -0.4 is 10.5 Å². The molecule has 1 aromatic heterocycles. The number of ether oxygens (including phenoxy) is 1. The van der Waals surface area contributed by atoms with Crippen molar-refractivity contribution in [2.75, 3.05) is 0 Å². The minimum Gasteiger partial charge on any atom is -0.480 e. The van der Waals surface area contributed by atoms with Crippen LogP contribution in [-0.2, 0) is 0 Å². The van der Waals surface area contributed by atoms with E-state index in [1.165, 1.54) is 10.9 Å². The Hall–Kier alpha value is -1.39. The standard InChI is InChI=1S/C16H20FNOS/c1-4-13(18)16(15-8-6-11(3)20-15)19-14-9-10(2)5-7-12(14)17/h5-9,13,16H,4,18H2,1-3H3. The highest BCUT2D eigenvalue weighted by molar-refractivity contribution is 7.12. The highest BCUT2D eigenvalue weighted by atomic mass is 32.1. The van der Waals surface area contributed by atoms with Gasteiger partial charge in [-0.15, -0.1) is 11.3 Å². The van der Waals surface area contributed by atoms with E-state index in [4.69, 9.17) is 10.5 Å². The molecule has 0 aliphatic carbocycles. The molecule has 2 aromatic rings. The molecule has 1 aromatic carbocycles. The molecule has 1 heterocycles. The number of rotatable bonds is 5. The van der Waals surface area contributed by atoms with Crippen molar-refractivity contribution in [2.24, 2.45) is 5.73 Å². The Morgan fingerprint density at radius 1 is 1.25 bits per heavy atom. The maximum absolute atomic E-state index is 13.9. The molecular weight excluding hydrogens is 273 g/mol. The molecule has 4 heteroatoms. The fraction of sp³-hybridized carbons (Fsp3) is 0.375. The van der Waals surface area contributed by atoms with Crippen LogP contribution in [0.15, 0.2) is 30.3 Å². The van der Waals surface area contributed by atoms with Gasteiger partial charge < -0.3 is 10.5 Å². The molecule has 0 radical (unpaired) electrons. The van der Waals surface area contributed by atoms with E-state index in [0.717, 1.165) is 16.9 Å². The van der Waals surface area contributed by atoms with E-state index in [1.54, 1.807) is 23.5 Å². The number of nitrogens with two attached hydrogens (primary N) is 1. The molecule has 20 heavy (non-hydrogen) atoms.